The van der Waals surface area contributed by atoms with Gasteiger partial charge < -0.3 is 24.4 Å². The minimum Gasteiger partial charge on any atom is -0.507 e. The van der Waals surface area contributed by atoms with Crippen molar-refractivity contribution in [3.8, 4) is 17.2 Å². The number of benzene rings is 1. The van der Waals surface area contributed by atoms with Crippen LogP contribution in [-0.4, -0.2) is 48.0 Å². The topological polar surface area (TPSA) is 72.2 Å². The Balaban J connectivity index is 1.40. The van der Waals surface area contributed by atoms with Gasteiger partial charge in [0.25, 0.3) is 0 Å². The second-order valence-electron chi connectivity index (χ2n) is 5.80. The van der Waals surface area contributed by atoms with Gasteiger partial charge >= 0.3 is 0 Å². The van der Waals surface area contributed by atoms with Crippen molar-refractivity contribution in [1.29, 1.82) is 0 Å². The number of fused-ring (bicyclic) bond motifs is 1. The van der Waals surface area contributed by atoms with E-state index in [1.165, 1.54) is 4.90 Å². The maximum atomic E-state index is 10.2. The molecule has 7 heteroatoms. The van der Waals surface area contributed by atoms with Crippen molar-refractivity contribution in [2.24, 2.45) is 0 Å². The van der Waals surface area contributed by atoms with Gasteiger partial charge in [-0.15, -0.1) is 0 Å². The van der Waals surface area contributed by atoms with E-state index in [1.807, 2.05) is 12.1 Å². The fraction of sp³-hybridized carbons (Fsp3) is 0.375. The number of aromatic nitrogens is 2. The number of nitrogens with one attached hydrogen (secondary N) is 1. The number of aromatic hydroxyl groups is 1. The minimum atomic E-state index is 0.223. The summed E-state index contributed by atoms with van der Waals surface area (Å²) in [5, 5.41) is 10.2. The number of ether oxygens (including phenoxy) is 2. The predicted molar refractivity (Wildman–Crippen MR) is 82.9 cm³/mol. The molecule has 0 unspecified atom stereocenters. The van der Waals surface area contributed by atoms with Gasteiger partial charge in [0.05, 0.1) is 31.7 Å². The molecule has 7 nitrogen and oxygen atoms in total. The van der Waals surface area contributed by atoms with Gasteiger partial charge in [-0.25, -0.2) is 9.97 Å². The summed E-state index contributed by atoms with van der Waals surface area (Å²) in [7, 11) is 0. The van der Waals surface area contributed by atoms with Crippen molar-refractivity contribution >= 4 is 5.95 Å². The second-order valence-corrected chi connectivity index (χ2v) is 5.80. The zero-order valence-corrected chi connectivity index (χ0v) is 12.7. The van der Waals surface area contributed by atoms with Crippen LogP contribution in [0, 0.1) is 0 Å². The first kappa shape index (κ1) is 14.1. The Morgan fingerprint density at radius 1 is 1.09 bits per heavy atom. The van der Waals surface area contributed by atoms with Crippen LogP contribution in [0.5, 0.6) is 17.2 Å². The number of nitrogens with zero attached hydrogens (tertiary/aromatic N) is 3. The SMILES string of the molecule is Oc1cc2c(cc1C[NH+]1CCN(c3ncccn3)CC1)OCO2. The largest absolute Gasteiger partial charge is 0.507 e. The molecular formula is C16H19N4O3+. The molecule has 2 aromatic rings. The molecule has 0 radical (unpaired) electrons. The molecule has 0 saturated carbocycles. The zero-order chi connectivity index (χ0) is 15.6. The molecule has 1 fully saturated rings. The number of phenolic OH excluding ortho intramolecular Hbond substituents is 1. The highest BCUT2D eigenvalue weighted by atomic mass is 16.7. The van der Waals surface area contributed by atoms with E-state index in [2.05, 4.69) is 14.9 Å². The molecule has 0 aliphatic carbocycles. The molecular weight excluding hydrogens is 296 g/mol. The van der Waals surface area contributed by atoms with Crippen LogP contribution in [0.1, 0.15) is 5.56 Å². The molecule has 4 rings (SSSR count). The smallest absolute Gasteiger partial charge is 0.231 e. The van der Waals surface area contributed by atoms with Crippen LogP contribution in [0.3, 0.4) is 0 Å². The average Bonchev–Trinajstić information content (AvgIpc) is 3.04. The highest BCUT2D eigenvalue weighted by Gasteiger charge is 2.24. The maximum absolute atomic E-state index is 10.2. The average molecular weight is 315 g/mol. The number of anilines is 1. The second kappa shape index (κ2) is 5.92. The van der Waals surface area contributed by atoms with Crippen molar-refractivity contribution in [3.05, 3.63) is 36.2 Å². The van der Waals surface area contributed by atoms with Crippen molar-refractivity contribution in [3.63, 3.8) is 0 Å². The van der Waals surface area contributed by atoms with Crippen LogP contribution in [0.2, 0.25) is 0 Å². The Morgan fingerprint density at radius 3 is 2.52 bits per heavy atom. The van der Waals surface area contributed by atoms with Gasteiger partial charge in [-0.1, -0.05) is 0 Å². The van der Waals surface area contributed by atoms with E-state index in [0.29, 0.717) is 11.5 Å². The third-order valence-corrected chi connectivity index (χ3v) is 4.32. The van der Waals surface area contributed by atoms with Crippen LogP contribution < -0.4 is 19.3 Å². The lowest BCUT2D eigenvalue weighted by Crippen LogP contribution is -3.13. The monoisotopic (exact) mass is 315 g/mol. The van der Waals surface area contributed by atoms with Gasteiger partial charge in [-0.2, -0.15) is 0 Å². The van der Waals surface area contributed by atoms with E-state index in [1.54, 1.807) is 18.5 Å². The standard InChI is InChI=1S/C16H18N4O3/c21-13-9-15-14(22-11-23-15)8-12(13)10-19-4-6-20(7-5-19)16-17-2-1-3-18-16/h1-3,8-9,21H,4-7,10-11H2/p+1. The molecule has 0 atom stereocenters. The highest BCUT2D eigenvalue weighted by Crippen LogP contribution is 2.37. The van der Waals surface area contributed by atoms with E-state index in [-0.39, 0.29) is 12.5 Å². The van der Waals surface area contributed by atoms with Crippen molar-refractivity contribution < 1.29 is 19.5 Å². The Hall–Kier alpha value is -2.54. The quantitative estimate of drug-likeness (QED) is 0.818. The molecule has 1 saturated heterocycles. The highest BCUT2D eigenvalue weighted by molar-refractivity contribution is 5.51. The van der Waals surface area contributed by atoms with E-state index in [4.69, 9.17) is 9.47 Å². The van der Waals surface area contributed by atoms with Crippen molar-refractivity contribution in [1.82, 2.24) is 9.97 Å². The summed E-state index contributed by atoms with van der Waals surface area (Å²) in [6, 6.07) is 5.36. The summed E-state index contributed by atoms with van der Waals surface area (Å²) < 4.78 is 10.7. The van der Waals surface area contributed by atoms with Crippen LogP contribution >= 0.6 is 0 Å². The number of phenols is 1. The Kier molecular flexibility index (Phi) is 3.63. The van der Waals surface area contributed by atoms with E-state index in [9.17, 15) is 5.11 Å². The number of quaternary nitrogens is 1. The van der Waals surface area contributed by atoms with Crippen molar-refractivity contribution in [2.45, 2.75) is 6.54 Å². The fourth-order valence-electron chi connectivity index (χ4n) is 3.04. The van der Waals surface area contributed by atoms with Gasteiger partial charge in [-0.3, -0.25) is 0 Å². The lowest BCUT2D eigenvalue weighted by Gasteiger charge is -2.32. The number of piperazine rings is 1. The lowest BCUT2D eigenvalue weighted by molar-refractivity contribution is -0.914. The Morgan fingerprint density at radius 2 is 1.78 bits per heavy atom. The first-order chi connectivity index (χ1) is 11.3. The van der Waals surface area contributed by atoms with Crippen LogP contribution in [0.25, 0.3) is 0 Å². The van der Waals surface area contributed by atoms with Crippen molar-refractivity contribution in [2.75, 3.05) is 37.9 Å². The molecule has 3 heterocycles. The summed E-state index contributed by atoms with van der Waals surface area (Å²) in [4.78, 5) is 12.2. The maximum Gasteiger partial charge on any atom is 0.231 e. The molecule has 1 aromatic carbocycles. The van der Waals surface area contributed by atoms with E-state index < -0.39 is 0 Å². The molecule has 1 aromatic heterocycles. The molecule has 0 bridgehead atoms. The summed E-state index contributed by atoms with van der Waals surface area (Å²) in [6.07, 6.45) is 3.54. The molecule has 2 aliphatic heterocycles. The molecule has 0 spiro atoms. The predicted octanol–water partition coefficient (Wildman–Crippen LogP) is -0.184. The number of hydrogen-bond acceptors (Lipinski definition) is 6. The van der Waals surface area contributed by atoms with Gasteiger partial charge in [0.2, 0.25) is 12.7 Å². The van der Waals surface area contributed by atoms with Gasteiger partial charge in [0.15, 0.2) is 11.5 Å². The van der Waals surface area contributed by atoms with E-state index in [0.717, 1.165) is 44.2 Å². The van der Waals surface area contributed by atoms with Gasteiger partial charge in [0, 0.05) is 18.5 Å². The lowest BCUT2D eigenvalue weighted by atomic mass is 10.1. The zero-order valence-electron chi connectivity index (χ0n) is 12.7. The van der Waals surface area contributed by atoms with Gasteiger partial charge in [0.1, 0.15) is 12.3 Å². The minimum absolute atomic E-state index is 0.223. The molecule has 2 N–H and O–H groups in total. The summed E-state index contributed by atoms with van der Waals surface area (Å²) in [5.41, 5.74) is 0.897. The number of rotatable bonds is 3. The van der Waals surface area contributed by atoms with E-state index >= 15 is 0 Å². The van der Waals surface area contributed by atoms with Gasteiger partial charge in [-0.05, 0) is 12.1 Å². The summed E-state index contributed by atoms with van der Waals surface area (Å²) in [5.74, 6) is 2.40. The Bertz CT molecular complexity index is 687. The molecule has 2 aliphatic rings. The summed E-state index contributed by atoms with van der Waals surface area (Å²) >= 11 is 0. The van der Waals surface area contributed by atoms with Crippen LogP contribution in [-0.2, 0) is 6.54 Å². The molecule has 23 heavy (non-hydrogen) atoms. The normalized spacial score (nSPS) is 17.5. The molecule has 120 valence electrons. The fourth-order valence-corrected chi connectivity index (χ4v) is 3.04. The van der Waals surface area contributed by atoms with Crippen LogP contribution in [0.4, 0.5) is 5.95 Å². The first-order valence-electron chi connectivity index (χ1n) is 7.76. The Labute approximate surface area is 134 Å². The first-order valence-corrected chi connectivity index (χ1v) is 7.76. The third kappa shape index (κ3) is 2.87. The summed E-state index contributed by atoms with van der Waals surface area (Å²) in [6.45, 7) is 4.76. The number of hydrogen-bond donors (Lipinski definition) is 2. The van der Waals surface area contributed by atoms with Crippen LogP contribution in [0.15, 0.2) is 30.6 Å². The third-order valence-electron chi connectivity index (χ3n) is 4.32. The molecule has 0 amide bonds.